The summed E-state index contributed by atoms with van der Waals surface area (Å²) in [4.78, 5) is 48.3. The van der Waals surface area contributed by atoms with Gasteiger partial charge in [0.05, 0.1) is 14.1 Å². The van der Waals surface area contributed by atoms with Crippen molar-refractivity contribution in [2.45, 2.75) is 13.8 Å². The van der Waals surface area contributed by atoms with Crippen molar-refractivity contribution in [3.8, 4) is 5.75 Å². The first kappa shape index (κ1) is 22.3. The molecule has 0 spiro atoms. The zero-order valence-corrected chi connectivity index (χ0v) is 18.2. The zero-order valence-electron chi connectivity index (χ0n) is 18.2. The van der Waals surface area contributed by atoms with Crippen LogP contribution in [0.2, 0.25) is 0 Å². The summed E-state index contributed by atoms with van der Waals surface area (Å²) in [7, 11) is 2.95. The van der Waals surface area contributed by atoms with Gasteiger partial charge in [-0.15, -0.1) is 0 Å². The van der Waals surface area contributed by atoms with Crippen molar-refractivity contribution in [2.75, 3.05) is 46.9 Å². The summed E-state index contributed by atoms with van der Waals surface area (Å²) in [5.41, 5.74) is 0.739. The number of hydrogen-bond donors (Lipinski definition) is 1. The third-order valence-corrected chi connectivity index (χ3v) is 5.15. The van der Waals surface area contributed by atoms with Crippen LogP contribution in [0.4, 0.5) is 4.79 Å². The van der Waals surface area contributed by atoms with Crippen LogP contribution in [0.1, 0.15) is 19.4 Å². The Morgan fingerprint density at radius 2 is 1.97 bits per heavy atom. The number of fused-ring (bicyclic) bond motifs is 1. The van der Waals surface area contributed by atoms with Gasteiger partial charge in [0.1, 0.15) is 5.75 Å². The van der Waals surface area contributed by atoms with Gasteiger partial charge < -0.3 is 15.0 Å². The Balaban J connectivity index is 1.64. The Bertz CT molecular complexity index is 993. The quantitative estimate of drug-likeness (QED) is 0.573. The van der Waals surface area contributed by atoms with Crippen LogP contribution >= 0.6 is 0 Å². The first-order valence-corrected chi connectivity index (χ1v) is 10.2. The fourth-order valence-electron chi connectivity index (χ4n) is 3.22. The van der Waals surface area contributed by atoms with E-state index in [0.717, 1.165) is 24.5 Å². The molecule has 0 saturated carbocycles. The van der Waals surface area contributed by atoms with Crippen molar-refractivity contribution in [1.82, 2.24) is 15.1 Å². The molecule has 0 unspecified atom stereocenters. The van der Waals surface area contributed by atoms with Crippen LogP contribution in [0.15, 0.2) is 34.3 Å². The Morgan fingerprint density at radius 3 is 2.68 bits per heavy atom. The van der Waals surface area contributed by atoms with E-state index in [2.05, 4.69) is 34.0 Å². The van der Waals surface area contributed by atoms with Gasteiger partial charge in [-0.25, -0.2) is 9.59 Å². The van der Waals surface area contributed by atoms with Crippen LogP contribution in [0.5, 0.6) is 5.75 Å². The van der Waals surface area contributed by atoms with Gasteiger partial charge in [0.15, 0.2) is 6.61 Å². The molecule has 10 nitrogen and oxygen atoms in total. The molecule has 10 heteroatoms. The molecule has 3 rings (SSSR count). The van der Waals surface area contributed by atoms with Gasteiger partial charge in [0.2, 0.25) is 11.5 Å². The number of amidine groups is 2. The predicted molar refractivity (Wildman–Crippen MR) is 116 cm³/mol. The van der Waals surface area contributed by atoms with E-state index in [9.17, 15) is 14.4 Å². The number of nitrogens with zero attached hydrogens (tertiary/aromatic N) is 5. The molecule has 4 amide bonds. The van der Waals surface area contributed by atoms with Crippen LogP contribution in [0.3, 0.4) is 0 Å². The highest BCUT2D eigenvalue weighted by atomic mass is 16.5. The number of ether oxygens (including phenoxy) is 1. The highest BCUT2D eigenvalue weighted by Crippen LogP contribution is 2.18. The molecule has 164 valence electrons. The van der Waals surface area contributed by atoms with E-state index >= 15 is 0 Å². The molecule has 0 atom stereocenters. The summed E-state index contributed by atoms with van der Waals surface area (Å²) in [6.45, 7) is 7.28. The van der Waals surface area contributed by atoms with Crippen molar-refractivity contribution < 1.29 is 23.7 Å². The summed E-state index contributed by atoms with van der Waals surface area (Å²) < 4.78 is 6.89. The van der Waals surface area contributed by atoms with E-state index < -0.39 is 11.9 Å². The molecule has 2 heterocycles. The van der Waals surface area contributed by atoms with Gasteiger partial charge in [-0.2, -0.15) is 14.5 Å². The monoisotopic (exact) mass is 427 g/mol. The van der Waals surface area contributed by atoms with Crippen molar-refractivity contribution in [1.29, 1.82) is 0 Å². The lowest BCUT2D eigenvalue weighted by atomic mass is 10.2. The number of rotatable bonds is 9. The Labute approximate surface area is 180 Å². The van der Waals surface area contributed by atoms with Gasteiger partial charge in [-0.1, -0.05) is 24.9 Å². The lowest BCUT2D eigenvalue weighted by Crippen LogP contribution is -2.51. The second kappa shape index (κ2) is 9.61. The summed E-state index contributed by atoms with van der Waals surface area (Å²) >= 11 is 0. The summed E-state index contributed by atoms with van der Waals surface area (Å²) in [5.74, 6) is 0.313. The molecule has 1 aromatic rings. The van der Waals surface area contributed by atoms with E-state index in [-0.39, 0.29) is 24.1 Å². The van der Waals surface area contributed by atoms with Gasteiger partial charge in [0.25, 0.3) is 5.91 Å². The van der Waals surface area contributed by atoms with Crippen molar-refractivity contribution in [2.24, 2.45) is 9.98 Å². The maximum Gasteiger partial charge on any atom is 0.446 e. The van der Waals surface area contributed by atoms with Crippen molar-refractivity contribution in [3.05, 3.63) is 29.8 Å². The minimum atomic E-state index is -0.495. The molecular weight excluding hydrogens is 400 g/mol. The van der Waals surface area contributed by atoms with Gasteiger partial charge >= 0.3 is 17.8 Å². The third-order valence-electron chi connectivity index (χ3n) is 5.15. The first-order chi connectivity index (χ1) is 14.8. The van der Waals surface area contributed by atoms with Crippen LogP contribution in [-0.4, -0.2) is 96.5 Å². The maximum absolute atomic E-state index is 12.3. The van der Waals surface area contributed by atoms with E-state index in [1.807, 2.05) is 0 Å². The molecule has 1 aromatic carbocycles. The highest BCUT2D eigenvalue weighted by Gasteiger charge is 2.44. The van der Waals surface area contributed by atoms with Gasteiger partial charge in [0, 0.05) is 18.7 Å². The largest absolute Gasteiger partial charge is 0.484 e. The number of imide groups is 1. The minimum Gasteiger partial charge on any atom is -0.484 e. The average molecular weight is 427 g/mol. The fraction of sp³-hybridized carbons (Fsp3) is 0.429. The summed E-state index contributed by atoms with van der Waals surface area (Å²) in [6.07, 6.45) is 0. The predicted octanol–water partition coefficient (Wildman–Crippen LogP) is 0.357. The highest BCUT2D eigenvalue weighted by molar-refractivity contribution is 6.70. The number of urea groups is 1. The lowest BCUT2D eigenvalue weighted by molar-refractivity contribution is -0.401. The molecule has 0 saturated heterocycles. The Kier molecular flexibility index (Phi) is 6.91. The second-order valence-electron chi connectivity index (χ2n) is 7.12. The first-order valence-electron chi connectivity index (χ1n) is 10.2. The van der Waals surface area contributed by atoms with Gasteiger partial charge in [-0.3, -0.25) is 4.79 Å². The minimum absolute atomic E-state index is 0.111. The topological polar surface area (TPSA) is 107 Å². The molecule has 2 aliphatic rings. The van der Waals surface area contributed by atoms with Crippen LogP contribution < -0.4 is 10.1 Å². The third kappa shape index (κ3) is 4.85. The van der Waals surface area contributed by atoms with Gasteiger partial charge in [-0.05, 0) is 31.3 Å². The van der Waals surface area contributed by atoms with Crippen LogP contribution in [0.25, 0.3) is 0 Å². The second-order valence-corrected chi connectivity index (χ2v) is 7.12. The number of nitrogens with one attached hydrogen (secondary N) is 1. The summed E-state index contributed by atoms with van der Waals surface area (Å²) in [5, 5.41) is 2.84. The normalized spacial score (nSPS) is 15.8. The molecule has 1 N–H and O–H groups in total. The smallest absolute Gasteiger partial charge is 0.446 e. The average Bonchev–Trinajstić information content (AvgIpc) is 3.24. The number of likely N-dealkylation sites (N-methyl/N-ethyl adjacent to an activating group) is 1. The van der Waals surface area contributed by atoms with Crippen LogP contribution in [-0.2, 0) is 9.59 Å². The van der Waals surface area contributed by atoms with E-state index in [4.69, 9.17) is 4.74 Å². The summed E-state index contributed by atoms with van der Waals surface area (Å²) in [6, 6.07) is 6.48. The number of carbonyl (C=O) groups is 3. The Hall–Kier alpha value is -3.40. The molecule has 0 fully saturated rings. The van der Waals surface area contributed by atoms with E-state index in [1.165, 1.54) is 11.6 Å². The fourth-order valence-corrected chi connectivity index (χ4v) is 3.22. The maximum atomic E-state index is 12.3. The number of hydrogen-bond acceptors (Lipinski definition) is 7. The zero-order chi connectivity index (χ0) is 22.5. The molecule has 31 heavy (non-hydrogen) atoms. The molecule has 0 bridgehead atoms. The number of amides is 4. The molecular formula is C21H27N6O4+. The molecule has 0 radical (unpaired) electrons. The number of carbonyl (C=O) groups excluding carboxylic acids is 3. The Morgan fingerprint density at radius 1 is 1.23 bits per heavy atom. The van der Waals surface area contributed by atoms with E-state index in [1.54, 1.807) is 31.3 Å². The molecule has 0 aromatic heterocycles. The molecule has 2 aliphatic heterocycles. The standard InChI is InChI=1S/C21H26N6O4/c1-5-27(6-2)11-10-22-16(28)13-31-15-9-7-8-14(12-15)18-23-17-19(24-18)25(3)21(30)26(4)20(17)29/h7-9,12H,5-6,10-11,13H2,1-4H3/p+1. The van der Waals surface area contributed by atoms with Crippen molar-refractivity contribution in [3.63, 3.8) is 0 Å². The molecule has 0 aliphatic carbocycles. The van der Waals surface area contributed by atoms with Crippen LogP contribution in [0, 0.1) is 0 Å². The number of benzene rings is 1. The number of aliphatic imine (C=N–C) groups is 2. The SMILES string of the molecule is CCN(CC)CCNC(=O)COc1cccc(C2=NC3=[N+](C)C(=O)N(C)C(=O)C3=N2)c1. The van der Waals surface area contributed by atoms with E-state index in [0.29, 0.717) is 23.7 Å². The van der Waals surface area contributed by atoms with Crippen molar-refractivity contribution >= 4 is 35.2 Å². The lowest BCUT2D eigenvalue weighted by Gasteiger charge is -2.18.